The Labute approximate surface area is 163 Å². The molecule has 0 saturated carbocycles. The van der Waals surface area contributed by atoms with E-state index in [0.717, 1.165) is 24.7 Å². The van der Waals surface area contributed by atoms with Crippen molar-refractivity contribution in [2.75, 3.05) is 0 Å². The molecule has 0 unspecified atom stereocenters. The SMILES string of the molecule is CCCCCCCCCCCCC=CS(=O)(=O)O.[H-].[K+]. The Morgan fingerprint density at radius 1 is 0.895 bits per heavy atom. The summed E-state index contributed by atoms with van der Waals surface area (Å²) in [5.74, 6) is 0. The normalized spacial score (nSPS) is 11.7. The van der Waals surface area contributed by atoms with Gasteiger partial charge in [-0.1, -0.05) is 70.8 Å². The predicted molar refractivity (Wildman–Crippen MR) is 78.3 cm³/mol. The fourth-order valence-electron chi connectivity index (χ4n) is 1.94. The number of allylic oxidation sites excluding steroid dienone is 1. The molecule has 0 aromatic rings. The Morgan fingerprint density at radius 2 is 1.32 bits per heavy atom. The molecule has 0 amide bonds. The van der Waals surface area contributed by atoms with Gasteiger partial charge in [-0.3, -0.25) is 4.55 Å². The zero-order valence-corrected chi connectivity index (χ0v) is 16.5. The van der Waals surface area contributed by atoms with E-state index >= 15 is 0 Å². The first-order valence-electron chi connectivity index (χ1n) is 7.20. The molecule has 110 valence electrons. The molecule has 0 spiro atoms. The first kappa shape index (κ1) is 22.6. The van der Waals surface area contributed by atoms with Gasteiger partial charge in [0.15, 0.2) is 0 Å². The quantitative estimate of drug-likeness (QED) is 0.339. The molecule has 0 saturated heterocycles. The third-order valence-electron chi connectivity index (χ3n) is 2.99. The molecule has 0 aliphatic heterocycles. The monoisotopic (exact) mass is 316 g/mol. The molecule has 19 heavy (non-hydrogen) atoms. The van der Waals surface area contributed by atoms with Crippen molar-refractivity contribution in [3.05, 3.63) is 11.5 Å². The van der Waals surface area contributed by atoms with Gasteiger partial charge in [0.2, 0.25) is 0 Å². The van der Waals surface area contributed by atoms with E-state index in [-0.39, 0.29) is 52.8 Å². The number of hydrogen-bond acceptors (Lipinski definition) is 2. The Hall–Kier alpha value is 1.29. The smallest absolute Gasteiger partial charge is 1.00 e. The van der Waals surface area contributed by atoms with Gasteiger partial charge in [0.25, 0.3) is 10.1 Å². The van der Waals surface area contributed by atoms with Gasteiger partial charge in [-0.05, 0) is 12.8 Å². The van der Waals surface area contributed by atoms with E-state index in [9.17, 15) is 8.42 Å². The number of rotatable bonds is 12. The van der Waals surface area contributed by atoms with Crippen LogP contribution in [0.4, 0.5) is 0 Å². The molecule has 0 atom stereocenters. The van der Waals surface area contributed by atoms with Gasteiger partial charge >= 0.3 is 51.4 Å². The first-order valence-corrected chi connectivity index (χ1v) is 8.70. The molecule has 0 heterocycles. The topological polar surface area (TPSA) is 54.4 Å². The molecule has 3 nitrogen and oxygen atoms in total. The average Bonchev–Trinajstić information content (AvgIpc) is 2.29. The molecule has 1 N–H and O–H groups in total. The standard InChI is InChI=1S/C14H28O3S.K.H/c1-2-3-4-5-6-7-8-9-10-11-12-13-14-18(15,16)17;;/h13-14H,2-12H2,1H3,(H,15,16,17);;/q;+1;-1. The molecular formula is C14H29KO3S. The predicted octanol–water partition coefficient (Wildman–Crippen LogP) is 1.82. The molecule has 5 heteroatoms. The van der Waals surface area contributed by atoms with Gasteiger partial charge in [-0.15, -0.1) is 0 Å². The third kappa shape index (κ3) is 21.7. The van der Waals surface area contributed by atoms with Crippen LogP contribution in [-0.2, 0) is 10.1 Å². The molecule has 0 aliphatic carbocycles. The molecule has 0 aromatic carbocycles. The maximum atomic E-state index is 10.4. The van der Waals surface area contributed by atoms with E-state index in [1.165, 1.54) is 57.4 Å². The van der Waals surface area contributed by atoms with Gasteiger partial charge in [0.1, 0.15) is 0 Å². The Bertz CT molecular complexity index is 306. The minimum atomic E-state index is -3.92. The van der Waals surface area contributed by atoms with Crippen molar-refractivity contribution in [2.45, 2.75) is 77.6 Å². The van der Waals surface area contributed by atoms with Crippen LogP contribution in [-0.4, -0.2) is 13.0 Å². The second-order valence-electron chi connectivity index (χ2n) is 4.86. The summed E-state index contributed by atoms with van der Waals surface area (Å²) in [4.78, 5) is 0. The van der Waals surface area contributed by atoms with Crippen LogP contribution in [0.2, 0.25) is 0 Å². The van der Waals surface area contributed by atoms with Gasteiger partial charge in [-0.25, -0.2) is 0 Å². The fraction of sp³-hybridized carbons (Fsp3) is 0.857. The summed E-state index contributed by atoms with van der Waals surface area (Å²) < 4.78 is 29.2. The Balaban J connectivity index is -0.00000144. The van der Waals surface area contributed by atoms with Gasteiger partial charge in [0.05, 0.1) is 5.41 Å². The van der Waals surface area contributed by atoms with Crippen molar-refractivity contribution in [2.24, 2.45) is 0 Å². The van der Waals surface area contributed by atoms with E-state index in [2.05, 4.69) is 6.92 Å². The second-order valence-corrected chi connectivity index (χ2v) is 6.16. The van der Waals surface area contributed by atoms with Crippen LogP contribution >= 0.6 is 0 Å². The number of hydrogen-bond donors (Lipinski definition) is 1. The van der Waals surface area contributed by atoms with Gasteiger partial charge in [-0.2, -0.15) is 8.42 Å². The summed E-state index contributed by atoms with van der Waals surface area (Å²) in [6, 6.07) is 0. The van der Waals surface area contributed by atoms with Crippen LogP contribution < -0.4 is 51.4 Å². The van der Waals surface area contributed by atoms with E-state index in [0.29, 0.717) is 0 Å². The van der Waals surface area contributed by atoms with E-state index in [1.54, 1.807) is 0 Å². The van der Waals surface area contributed by atoms with Crippen LogP contribution in [0.15, 0.2) is 11.5 Å². The molecule has 0 aromatic heterocycles. The van der Waals surface area contributed by atoms with Crippen molar-refractivity contribution in [1.82, 2.24) is 0 Å². The van der Waals surface area contributed by atoms with Crippen LogP contribution in [0.3, 0.4) is 0 Å². The van der Waals surface area contributed by atoms with E-state index < -0.39 is 10.1 Å². The zero-order chi connectivity index (χ0) is 13.7. The largest absolute Gasteiger partial charge is 1.00 e. The van der Waals surface area contributed by atoms with Crippen molar-refractivity contribution in [1.29, 1.82) is 0 Å². The summed E-state index contributed by atoms with van der Waals surface area (Å²) in [5, 5.41) is 0.876. The van der Waals surface area contributed by atoms with Crippen molar-refractivity contribution in [3.63, 3.8) is 0 Å². The Morgan fingerprint density at radius 3 is 1.74 bits per heavy atom. The summed E-state index contributed by atoms with van der Waals surface area (Å²) in [5.41, 5.74) is 0. The number of unbranched alkanes of at least 4 members (excludes halogenated alkanes) is 10. The van der Waals surface area contributed by atoms with Gasteiger partial charge < -0.3 is 1.43 Å². The van der Waals surface area contributed by atoms with Gasteiger partial charge in [0, 0.05) is 0 Å². The minimum Gasteiger partial charge on any atom is -1.00 e. The van der Waals surface area contributed by atoms with Crippen molar-refractivity contribution < 1.29 is 65.8 Å². The molecular weight excluding hydrogens is 287 g/mol. The summed E-state index contributed by atoms with van der Waals surface area (Å²) in [7, 11) is -3.92. The maximum Gasteiger partial charge on any atom is 1.00 e. The molecule has 0 rings (SSSR count). The molecule has 0 fully saturated rings. The van der Waals surface area contributed by atoms with Crippen LogP contribution in [0, 0.1) is 0 Å². The van der Waals surface area contributed by atoms with Crippen molar-refractivity contribution >= 4 is 10.1 Å². The Kier molecular flexibility index (Phi) is 18.6. The summed E-state index contributed by atoms with van der Waals surface area (Å²) in [6.07, 6.45) is 15.0. The summed E-state index contributed by atoms with van der Waals surface area (Å²) in [6.45, 7) is 2.23. The first-order chi connectivity index (χ1) is 8.56. The molecule has 0 radical (unpaired) electrons. The molecule has 0 aliphatic rings. The summed E-state index contributed by atoms with van der Waals surface area (Å²) >= 11 is 0. The minimum absolute atomic E-state index is 0. The van der Waals surface area contributed by atoms with E-state index in [4.69, 9.17) is 4.55 Å². The van der Waals surface area contributed by atoms with Crippen LogP contribution in [0.1, 0.15) is 79.0 Å². The average molecular weight is 317 g/mol. The molecule has 0 bridgehead atoms. The van der Waals surface area contributed by atoms with Crippen molar-refractivity contribution in [3.8, 4) is 0 Å². The van der Waals surface area contributed by atoms with Crippen LogP contribution in [0.25, 0.3) is 0 Å². The fourth-order valence-corrected chi connectivity index (χ4v) is 2.32. The zero-order valence-electron chi connectivity index (χ0n) is 13.6. The van der Waals surface area contributed by atoms with Crippen LogP contribution in [0.5, 0.6) is 0 Å². The van der Waals surface area contributed by atoms with E-state index in [1.807, 2.05) is 0 Å². The maximum absolute atomic E-state index is 10.4. The third-order valence-corrected chi connectivity index (χ3v) is 3.53. The second kappa shape index (κ2) is 15.7.